The van der Waals surface area contributed by atoms with E-state index in [0.29, 0.717) is 0 Å². The lowest BCUT2D eigenvalue weighted by Crippen LogP contribution is -2.21. The average molecular weight is 140 g/mol. The van der Waals surface area contributed by atoms with Crippen LogP contribution < -0.4 is 0 Å². The van der Waals surface area contributed by atoms with Crippen molar-refractivity contribution in [3.63, 3.8) is 0 Å². The van der Waals surface area contributed by atoms with Gasteiger partial charge < -0.3 is 4.74 Å². The lowest BCUT2D eigenvalue weighted by atomic mass is 10.0. The molecule has 1 aliphatic rings. The topological polar surface area (TPSA) is 26.3 Å². The van der Waals surface area contributed by atoms with Crippen LogP contribution in [-0.4, -0.2) is 11.6 Å². The number of rotatable bonds is 1. The molecule has 0 fully saturated rings. The lowest BCUT2D eigenvalue weighted by Gasteiger charge is -2.17. The summed E-state index contributed by atoms with van der Waals surface area (Å²) >= 11 is 0. The Morgan fingerprint density at radius 1 is 1.70 bits per heavy atom. The van der Waals surface area contributed by atoms with Crippen LogP contribution >= 0.6 is 0 Å². The van der Waals surface area contributed by atoms with Gasteiger partial charge in [0.2, 0.25) is 0 Å². The highest BCUT2D eigenvalue weighted by atomic mass is 16.6. The summed E-state index contributed by atoms with van der Waals surface area (Å²) in [5.74, 6) is -0.177. The van der Waals surface area contributed by atoms with Gasteiger partial charge in [0.1, 0.15) is 5.60 Å². The van der Waals surface area contributed by atoms with Gasteiger partial charge in [-0.3, -0.25) is 0 Å². The van der Waals surface area contributed by atoms with Gasteiger partial charge in [0.05, 0.1) is 0 Å². The lowest BCUT2D eigenvalue weighted by molar-refractivity contribution is -0.145. The maximum Gasteiger partial charge on any atom is 0.334 e. The molecule has 56 valence electrons. The van der Waals surface area contributed by atoms with Crippen LogP contribution in [0.3, 0.4) is 0 Å². The average Bonchev–Trinajstić information content (AvgIpc) is 2.10. The van der Waals surface area contributed by atoms with Crippen LogP contribution in [0.4, 0.5) is 0 Å². The Labute approximate surface area is 60.9 Å². The van der Waals surface area contributed by atoms with Crippen molar-refractivity contribution in [2.24, 2.45) is 0 Å². The van der Waals surface area contributed by atoms with Gasteiger partial charge in [-0.25, -0.2) is 4.79 Å². The van der Waals surface area contributed by atoms with Gasteiger partial charge in [-0.2, -0.15) is 0 Å². The molecule has 0 aromatic rings. The molecule has 0 aromatic carbocycles. The molecule has 1 heterocycles. The summed E-state index contributed by atoms with van der Waals surface area (Å²) in [7, 11) is 0. The third-order valence-electron chi connectivity index (χ3n) is 1.87. The van der Waals surface area contributed by atoms with Crippen molar-refractivity contribution in [2.75, 3.05) is 0 Å². The zero-order valence-electron chi connectivity index (χ0n) is 6.60. The number of esters is 1. The van der Waals surface area contributed by atoms with Gasteiger partial charge in [-0.1, -0.05) is 6.92 Å². The highest BCUT2D eigenvalue weighted by molar-refractivity contribution is 5.90. The van der Waals surface area contributed by atoms with Crippen LogP contribution in [0.2, 0.25) is 0 Å². The first-order valence-corrected chi connectivity index (χ1v) is 3.50. The van der Waals surface area contributed by atoms with E-state index in [-0.39, 0.29) is 11.6 Å². The highest BCUT2D eigenvalue weighted by Gasteiger charge is 2.31. The summed E-state index contributed by atoms with van der Waals surface area (Å²) < 4.78 is 5.08. The van der Waals surface area contributed by atoms with E-state index >= 15 is 0 Å². The maximum atomic E-state index is 10.9. The molecule has 0 saturated carbocycles. The molecule has 0 amide bonds. The predicted octanol–water partition coefficient (Wildman–Crippen LogP) is 1.66. The molecule has 1 rings (SSSR count). The van der Waals surface area contributed by atoms with Gasteiger partial charge >= 0.3 is 5.97 Å². The zero-order chi connectivity index (χ0) is 7.78. The van der Waals surface area contributed by atoms with Crippen LogP contribution in [0, 0.1) is 0 Å². The van der Waals surface area contributed by atoms with Crippen molar-refractivity contribution >= 4 is 5.97 Å². The Kier molecular flexibility index (Phi) is 1.55. The van der Waals surface area contributed by atoms with Crippen molar-refractivity contribution in [1.82, 2.24) is 0 Å². The minimum atomic E-state index is -0.332. The summed E-state index contributed by atoms with van der Waals surface area (Å²) in [6, 6.07) is 0. The number of ether oxygens (including phenoxy) is 1. The second kappa shape index (κ2) is 2.11. The van der Waals surface area contributed by atoms with E-state index in [1.165, 1.54) is 0 Å². The molecule has 0 aromatic heterocycles. The SMILES string of the molecule is CCC1(C)C=C(C)C(=O)O1. The second-order valence-corrected chi connectivity index (χ2v) is 2.88. The molecule has 1 unspecified atom stereocenters. The van der Waals surface area contributed by atoms with Gasteiger partial charge in [0, 0.05) is 5.57 Å². The molecule has 0 bridgehead atoms. The summed E-state index contributed by atoms with van der Waals surface area (Å²) in [5.41, 5.74) is 0.394. The van der Waals surface area contributed by atoms with Crippen molar-refractivity contribution in [3.8, 4) is 0 Å². The van der Waals surface area contributed by atoms with Gasteiger partial charge in [-0.05, 0) is 26.3 Å². The van der Waals surface area contributed by atoms with Crippen LogP contribution in [0.5, 0.6) is 0 Å². The number of hydrogen-bond donors (Lipinski definition) is 0. The monoisotopic (exact) mass is 140 g/mol. The van der Waals surface area contributed by atoms with Gasteiger partial charge in [0.25, 0.3) is 0 Å². The van der Waals surface area contributed by atoms with Crippen molar-refractivity contribution in [2.45, 2.75) is 32.8 Å². The quantitative estimate of drug-likeness (QED) is 0.518. The normalized spacial score (nSPS) is 31.9. The van der Waals surface area contributed by atoms with Crippen LogP contribution in [0.1, 0.15) is 27.2 Å². The molecular formula is C8H12O2. The first-order valence-electron chi connectivity index (χ1n) is 3.50. The smallest absolute Gasteiger partial charge is 0.334 e. The minimum absolute atomic E-state index is 0.177. The minimum Gasteiger partial charge on any atom is -0.452 e. The molecule has 0 saturated heterocycles. The second-order valence-electron chi connectivity index (χ2n) is 2.88. The molecule has 0 spiro atoms. The van der Waals surface area contributed by atoms with Crippen molar-refractivity contribution in [3.05, 3.63) is 11.6 Å². The first-order chi connectivity index (χ1) is 4.57. The molecule has 0 N–H and O–H groups in total. The van der Waals surface area contributed by atoms with Crippen LogP contribution in [0.25, 0.3) is 0 Å². The molecule has 10 heavy (non-hydrogen) atoms. The molecule has 2 nitrogen and oxygen atoms in total. The fraction of sp³-hybridized carbons (Fsp3) is 0.625. The third-order valence-corrected chi connectivity index (χ3v) is 1.87. The number of carbonyl (C=O) groups excluding carboxylic acids is 1. The Hall–Kier alpha value is -0.790. The molecule has 0 aliphatic carbocycles. The third kappa shape index (κ3) is 1.06. The number of cyclic esters (lactones) is 1. The highest BCUT2D eigenvalue weighted by Crippen LogP contribution is 2.26. The predicted molar refractivity (Wildman–Crippen MR) is 38.5 cm³/mol. The Morgan fingerprint density at radius 3 is 2.50 bits per heavy atom. The van der Waals surface area contributed by atoms with Crippen molar-refractivity contribution < 1.29 is 9.53 Å². The van der Waals surface area contributed by atoms with E-state index in [1.807, 2.05) is 19.9 Å². The van der Waals surface area contributed by atoms with Crippen LogP contribution in [0.15, 0.2) is 11.6 Å². The molecule has 1 aliphatic heterocycles. The Morgan fingerprint density at radius 2 is 2.30 bits per heavy atom. The first kappa shape index (κ1) is 7.32. The van der Waals surface area contributed by atoms with Gasteiger partial charge in [0.15, 0.2) is 0 Å². The zero-order valence-corrected chi connectivity index (χ0v) is 6.60. The van der Waals surface area contributed by atoms with E-state index < -0.39 is 0 Å². The number of hydrogen-bond acceptors (Lipinski definition) is 2. The summed E-state index contributed by atoms with van der Waals surface area (Å²) in [5, 5.41) is 0. The summed E-state index contributed by atoms with van der Waals surface area (Å²) in [4.78, 5) is 10.9. The standard InChI is InChI=1S/C8H12O2/c1-4-8(3)5-6(2)7(9)10-8/h5H,4H2,1-3H3. The van der Waals surface area contributed by atoms with Crippen molar-refractivity contribution in [1.29, 1.82) is 0 Å². The van der Waals surface area contributed by atoms with E-state index in [9.17, 15) is 4.79 Å². The molecule has 2 heteroatoms. The summed E-state index contributed by atoms with van der Waals surface area (Å²) in [6.45, 7) is 5.70. The van der Waals surface area contributed by atoms with Gasteiger partial charge in [-0.15, -0.1) is 0 Å². The fourth-order valence-corrected chi connectivity index (χ4v) is 1.01. The van der Waals surface area contributed by atoms with E-state index in [0.717, 1.165) is 12.0 Å². The fourth-order valence-electron chi connectivity index (χ4n) is 1.01. The largest absolute Gasteiger partial charge is 0.452 e. The Balaban J connectivity index is 2.82. The molecule has 0 radical (unpaired) electrons. The van der Waals surface area contributed by atoms with E-state index in [4.69, 9.17) is 4.74 Å². The number of carbonyl (C=O) groups is 1. The molecular weight excluding hydrogens is 128 g/mol. The summed E-state index contributed by atoms with van der Waals surface area (Å²) in [6.07, 6.45) is 2.73. The Bertz CT molecular complexity index is 193. The molecule has 1 atom stereocenters. The van der Waals surface area contributed by atoms with E-state index in [1.54, 1.807) is 6.92 Å². The maximum absolute atomic E-state index is 10.9. The van der Waals surface area contributed by atoms with Crippen LogP contribution in [-0.2, 0) is 9.53 Å². The van der Waals surface area contributed by atoms with E-state index in [2.05, 4.69) is 0 Å².